The van der Waals surface area contributed by atoms with Crippen molar-refractivity contribution in [2.45, 2.75) is 0 Å². The van der Waals surface area contributed by atoms with E-state index in [4.69, 9.17) is 0 Å². The second-order valence-electron chi connectivity index (χ2n) is 5.37. The number of aromatic nitrogens is 3. The molecule has 24 heavy (non-hydrogen) atoms. The fourth-order valence-corrected chi connectivity index (χ4v) is 2.52. The van der Waals surface area contributed by atoms with Gasteiger partial charge in [-0.2, -0.15) is 10.1 Å². The van der Waals surface area contributed by atoms with Crippen LogP contribution in [0.2, 0.25) is 0 Å². The summed E-state index contributed by atoms with van der Waals surface area (Å²) in [6.07, 6.45) is 5.23. The highest BCUT2D eigenvalue weighted by molar-refractivity contribution is 6.16. The minimum Gasteiger partial charge on any atom is -0.321 e. The zero-order valence-electron chi connectivity index (χ0n) is 12.9. The molecule has 0 atom stereocenters. The number of rotatable bonds is 2. The number of fused-ring (bicyclic) bond motifs is 1. The van der Waals surface area contributed by atoms with Crippen LogP contribution in [0.5, 0.6) is 0 Å². The summed E-state index contributed by atoms with van der Waals surface area (Å²) in [7, 11) is 1.90. The van der Waals surface area contributed by atoms with Crippen LogP contribution in [0, 0.1) is 0 Å². The van der Waals surface area contributed by atoms with Crippen molar-refractivity contribution in [1.82, 2.24) is 25.4 Å². The molecule has 0 unspecified atom stereocenters. The number of nitrogens with one attached hydrogen (secondary N) is 2. The molecule has 0 bridgehead atoms. The van der Waals surface area contributed by atoms with Crippen molar-refractivity contribution in [3.05, 3.63) is 60.1 Å². The molecule has 3 aromatic rings. The van der Waals surface area contributed by atoms with Crippen molar-refractivity contribution in [2.24, 2.45) is 12.0 Å². The lowest BCUT2D eigenvalue weighted by atomic mass is 10.1. The van der Waals surface area contributed by atoms with E-state index in [0.29, 0.717) is 17.5 Å². The first kappa shape index (κ1) is 14.1. The van der Waals surface area contributed by atoms with Crippen LogP contribution in [0.15, 0.2) is 59.5 Å². The van der Waals surface area contributed by atoms with Gasteiger partial charge in [0.15, 0.2) is 5.82 Å². The van der Waals surface area contributed by atoms with Gasteiger partial charge in [-0.3, -0.25) is 14.8 Å². The lowest BCUT2D eigenvalue weighted by molar-refractivity contribution is -0.115. The first-order valence-electron chi connectivity index (χ1n) is 7.40. The molecule has 1 amide bonds. The summed E-state index contributed by atoms with van der Waals surface area (Å²) in [6, 6.07) is 11.3. The van der Waals surface area contributed by atoms with Crippen LogP contribution in [0.4, 0.5) is 5.82 Å². The molecular weight excluding hydrogens is 304 g/mol. The minimum atomic E-state index is -0.226. The maximum atomic E-state index is 12.1. The van der Waals surface area contributed by atoms with E-state index < -0.39 is 0 Å². The number of aliphatic imine (C=N–C) groups is 1. The average Bonchev–Trinajstić information content (AvgIpc) is 3.11. The van der Waals surface area contributed by atoms with Gasteiger partial charge in [-0.25, -0.2) is 4.98 Å². The normalized spacial score (nSPS) is 17.5. The van der Waals surface area contributed by atoms with Gasteiger partial charge < -0.3 is 5.32 Å². The molecule has 0 saturated carbocycles. The Kier molecular flexibility index (Phi) is 3.31. The summed E-state index contributed by atoms with van der Waals surface area (Å²) < 4.78 is 1.81. The number of nitrogens with zero attached hydrogens (tertiary/aromatic N) is 4. The van der Waals surface area contributed by atoms with E-state index in [1.807, 2.05) is 42.1 Å². The predicted octanol–water partition coefficient (Wildman–Crippen LogP) is 1.72. The molecule has 1 saturated heterocycles. The largest absolute Gasteiger partial charge is 0.321 e. The highest BCUT2D eigenvalue weighted by Gasteiger charge is 2.21. The molecule has 0 aliphatic carbocycles. The molecule has 0 spiro atoms. The van der Waals surface area contributed by atoms with Gasteiger partial charge in [-0.1, -0.05) is 12.1 Å². The van der Waals surface area contributed by atoms with E-state index in [9.17, 15) is 4.79 Å². The molecule has 1 aliphatic heterocycles. The van der Waals surface area contributed by atoms with Gasteiger partial charge in [0.2, 0.25) is 5.96 Å². The van der Waals surface area contributed by atoms with E-state index in [-0.39, 0.29) is 5.91 Å². The maximum absolute atomic E-state index is 12.1. The lowest BCUT2D eigenvalue weighted by Crippen LogP contribution is -2.24. The van der Waals surface area contributed by atoms with Crippen LogP contribution in [0.25, 0.3) is 17.0 Å². The number of aryl methyl sites for hydroxylation is 1. The van der Waals surface area contributed by atoms with E-state index in [1.54, 1.807) is 24.5 Å². The number of carbonyl (C=O) groups is 1. The molecule has 2 aromatic heterocycles. The fourth-order valence-electron chi connectivity index (χ4n) is 2.52. The van der Waals surface area contributed by atoms with Crippen molar-refractivity contribution in [2.75, 3.05) is 0 Å². The number of pyridine rings is 1. The number of guanidine groups is 1. The Labute approximate surface area is 137 Å². The van der Waals surface area contributed by atoms with Gasteiger partial charge in [0.05, 0.1) is 11.7 Å². The smallest absolute Gasteiger partial charge is 0.274 e. The summed E-state index contributed by atoms with van der Waals surface area (Å²) in [6.45, 7) is 0. The van der Waals surface area contributed by atoms with Crippen LogP contribution >= 0.6 is 0 Å². The topological polar surface area (TPSA) is 84.2 Å². The summed E-state index contributed by atoms with van der Waals surface area (Å²) in [5.74, 6) is 0.668. The van der Waals surface area contributed by atoms with Crippen molar-refractivity contribution < 1.29 is 4.79 Å². The van der Waals surface area contributed by atoms with E-state index >= 15 is 0 Å². The zero-order chi connectivity index (χ0) is 16.5. The predicted molar refractivity (Wildman–Crippen MR) is 91.3 cm³/mol. The Morgan fingerprint density at radius 1 is 1.21 bits per heavy atom. The molecule has 7 heteroatoms. The van der Waals surface area contributed by atoms with Gasteiger partial charge in [0, 0.05) is 18.6 Å². The first-order valence-corrected chi connectivity index (χ1v) is 7.40. The molecule has 7 nitrogen and oxygen atoms in total. The molecule has 0 radical (unpaired) electrons. The second kappa shape index (κ2) is 5.62. The first-order chi connectivity index (χ1) is 11.7. The molecule has 1 aromatic carbocycles. The third-order valence-electron chi connectivity index (χ3n) is 3.69. The molecule has 3 heterocycles. The quantitative estimate of drug-likeness (QED) is 0.705. The Balaban J connectivity index is 1.62. The van der Waals surface area contributed by atoms with Gasteiger partial charge in [0.25, 0.3) is 5.91 Å². The Morgan fingerprint density at radius 3 is 2.96 bits per heavy atom. The van der Waals surface area contributed by atoms with Crippen molar-refractivity contribution in [3.8, 4) is 0 Å². The summed E-state index contributed by atoms with van der Waals surface area (Å²) >= 11 is 0. The molecular formula is C17H14N6O. The highest BCUT2D eigenvalue weighted by Crippen LogP contribution is 2.17. The molecule has 1 aliphatic rings. The molecule has 118 valence electrons. The summed E-state index contributed by atoms with van der Waals surface area (Å²) in [4.78, 5) is 20.5. The van der Waals surface area contributed by atoms with E-state index in [0.717, 1.165) is 16.5 Å². The van der Waals surface area contributed by atoms with Crippen LogP contribution < -0.4 is 10.6 Å². The van der Waals surface area contributed by atoms with Crippen molar-refractivity contribution >= 4 is 34.7 Å². The number of hydrogen-bond donors (Lipinski definition) is 2. The monoisotopic (exact) mass is 318 g/mol. The second-order valence-corrected chi connectivity index (χ2v) is 5.37. The van der Waals surface area contributed by atoms with Crippen LogP contribution in [-0.2, 0) is 11.8 Å². The average molecular weight is 318 g/mol. The van der Waals surface area contributed by atoms with Gasteiger partial charge in [-0.15, -0.1) is 0 Å². The number of carbonyl (C=O) groups excluding carboxylic acids is 1. The van der Waals surface area contributed by atoms with Crippen LogP contribution in [0.1, 0.15) is 5.56 Å². The molecule has 2 N–H and O–H groups in total. The Morgan fingerprint density at radius 2 is 2.12 bits per heavy atom. The highest BCUT2D eigenvalue weighted by atomic mass is 16.2. The van der Waals surface area contributed by atoms with Gasteiger partial charge in [0.1, 0.15) is 5.70 Å². The van der Waals surface area contributed by atoms with Gasteiger partial charge >= 0.3 is 0 Å². The van der Waals surface area contributed by atoms with Crippen LogP contribution in [0.3, 0.4) is 0 Å². The van der Waals surface area contributed by atoms with Crippen LogP contribution in [-0.4, -0.2) is 26.6 Å². The third kappa shape index (κ3) is 2.63. The van der Waals surface area contributed by atoms with E-state index in [1.165, 1.54) is 0 Å². The molecule has 4 rings (SSSR count). The maximum Gasteiger partial charge on any atom is 0.274 e. The van der Waals surface area contributed by atoms with Crippen molar-refractivity contribution in [1.29, 1.82) is 0 Å². The Hall–Kier alpha value is -3.48. The number of amides is 1. The van der Waals surface area contributed by atoms with Crippen molar-refractivity contribution in [3.63, 3.8) is 0 Å². The minimum absolute atomic E-state index is 0.226. The fraction of sp³-hybridized carbons (Fsp3) is 0.0588. The Bertz CT molecular complexity index is 987. The van der Waals surface area contributed by atoms with E-state index in [2.05, 4.69) is 25.7 Å². The zero-order valence-corrected chi connectivity index (χ0v) is 12.9. The van der Waals surface area contributed by atoms with Gasteiger partial charge in [-0.05, 0) is 35.9 Å². The molecule has 1 fully saturated rings. The lowest BCUT2D eigenvalue weighted by Gasteiger charge is -1.99. The number of hydrogen-bond acceptors (Lipinski definition) is 4. The SMILES string of the molecule is Cn1ncc2cc(/C=C3\N/C(=N/c4ccccn4)NC3=O)ccc21. The summed E-state index contributed by atoms with van der Waals surface area (Å²) in [5.41, 5.74) is 2.39. The third-order valence-corrected chi connectivity index (χ3v) is 3.69. The number of benzene rings is 1. The summed E-state index contributed by atoms with van der Waals surface area (Å²) in [5, 5.41) is 10.9. The standard InChI is InChI=1S/C17H14N6O/c1-23-14-6-5-11(8-12(14)10-19-23)9-13-16(24)22-17(20-13)21-15-4-2-3-7-18-15/h2-10H,1H3,(H2,18,20,21,22,24)/b13-9-.